The van der Waals surface area contributed by atoms with E-state index in [4.69, 9.17) is 5.11 Å². The van der Waals surface area contributed by atoms with E-state index in [1.54, 1.807) is 28.6 Å². The largest absolute Gasteiger partial charge is 0.396 e. The highest BCUT2D eigenvalue weighted by molar-refractivity contribution is 7.89. The van der Waals surface area contributed by atoms with Crippen LogP contribution in [-0.4, -0.2) is 37.0 Å². The van der Waals surface area contributed by atoms with Crippen molar-refractivity contribution in [2.75, 3.05) is 13.2 Å². The second kappa shape index (κ2) is 6.70. The lowest BCUT2D eigenvalue weighted by molar-refractivity contribution is 0.299. The molecule has 0 amide bonds. The van der Waals surface area contributed by atoms with Crippen LogP contribution in [0, 0.1) is 0 Å². The Morgan fingerprint density at radius 1 is 1.20 bits per heavy atom. The molecule has 2 rings (SSSR count). The SMILES string of the molecule is CCN(C1CCCC1)S(=O)(=O)c1ccc(CCO)cc1. The van der Waals surface area contributed by atoms with Gasteiger partial charge in [0.15, 0.2) is 0 Å². The average Bonchev–Trinajstić information content (AvgIpc) is 2.94. The fourth-order valence-corrected chi connectivity index (χ4v) is 4.60. The van der Waals surface area contributed by atoms with Crippen LogP contribution in [0.3, 0.4) is 0 Å². The van der Waals surface area contributed by atoms with Crippen molar-refractivity contribution < 1.29 is 13.5 Å². The second-order valence-electron chi connectivity index (χ2n) is 5.26. The van der Waals surface area contributed by atoms with Crippen LogP contribution >= 0.6 is 0 Å². The maximum absolute atomic E-state index is 12.7. The first-order valence-corrected chi connectivity index (χ1v) is 8.75. The van der Waals surface area contributed by atoms with Crippen LogP contribution in [0.4, 0.5) is 0 Å². The molecule has 1 saturated carbocycles. The molecule has 20 heavy (non-hydrogen) atoms. The summed E-state index contributed by atoms with van der Waals surface area (Å²) in [5.74, 6) is 0. The van der Waals surface area contributed by atoms with Crippen LogP contribution < -0.4 is 0 Å². The third-order valence-electron chi connectivity index (χ3n) is 3.97. The van der Waals surface area contributed by atoms with E-state index in [0.717, 1.165) is 31.2 Å². The summed E-state index contributed by atoms with van der Waals surface area (Å²) in [6.07, 6.45) is 4.73. The molecule has 1 aromatic rings. The van der Waals surface area contributed by atoms with Gasteiger partial charge in [-0.25, -0.2) is 8.42 Å². The minimum absolute atomic E-state index is 0.0786. The van der Waals surface area contributed by atoms with Crippen molar-refractivity contribution in [3.05, 3.63) is 29.8 Å². The lowest BCUT2D eigenvalue weighted by Crippen LogP contribution is -2.38. The molecule has 0 spiro atoms. The van der Waals surface area contributed by atoms with Gasteiger partial charge in [-0.15, -0.1) is 0 Å². The Morgan fingerprint density at radius 3 is 2.30 bits per heavy atom. The highest BCUT2D eigenvalue weighted by atomic mass is 32.2. The molecule has 1 aliphatic rings. The normalized spacial score (nSPS) is 16.9. The van der Waals surface area contributed by atoms with Crippen molar-refractivity contribution in [2.45, 2.75) is 50.0 Å². The minimum Gasteiger partial charge on any atom is -0.396 e. The summed E-state index contributed by atoms with van der Waals surface area (Å²) in [5.41, 5.74) is 0.954. The first-order valence-electron chi connectivity index (χ1n) is 7.31. The molecule has 1 N–H and O–H groups in total. The lowest BCUT2D eigenvalue weighted by atomic mass is 10.2. The van der Waals surface area contributed by atoms with Gasteiger partial charge in [-0.05, 0) is 37.0 Å². The molecule has 0 saturated heterocycles. The van der Waals surface area contributed by atoms with Crippen molar-refractivity contribution in [3.63, 3.8) is 0 Å². The Bertz CT molecular complexity index is 519. The molecule has 1 aliphatic carbocycles. The zero-order valence-electron chi connectivity index (χ0n) is 12.0. The van der Waals surface area contributed by atoms with E-state index in [-0.39, 0.29) is 12.6 Å². The molecule has 0 unspecified atom stereocenters. The van der Waals surface area contributed by atoms with E-state index in [9.17, 15) is 8.42 Å². The van der Waals surface area contributed by atoms with E-state index < -0.39 is 10.0 Å². The molecule has 1 fully saturated rings. The topological polar surface area (TPSA) is 57.6 Å². The first-order chi connectivity index (χ1) is 9.59. The van der Waals surface area contributed by atoms with Crippen molar-refractivity contribution in [1.82, 2.24) is 4.31 Å². The van der Waals surface area contributed by atoms with Gasteiger partial charge in [0.05, 0.1) is 4.90 Å². The van der Waals surface area contributed by atoms with Crippen molar-refractivity contribution >= 4 is 10.0 Å². The van der Waals surface area contributed by atoms with Crippen molar-refractivity contribution in [3.8, 4) is 0 Å². The molecule has 112 valence electrons. The summed E-state index contributed by atoms with van der Waals surface area (Å²) in [7, 11) is -3.40. The van der Waals surface area contributed by atoms with Gasteiger partial charge in [-0.2, -0.15) is 4.31 Å². The van der Waals surface area contributed by atoms with Gasteiger partial charge in [0.2, 0.25) is 10.0 Å². The molecule has 0 atom stereocenters. The number of hydrogen-bond donors (Lipinski definition) is 1. The molecular formula is C15H23NO3S. The van der Waals surface area contributed by atoms with Crippen molar-refractivity contribution in [2.24, 2.45) is 0 Å². The molecule has 1 aromatic carbocycles. The van der Waals surface area contributed by atoms with E-state index in [2.05, 4.69) is 0 Å². The summed E-state index contributed by atoms with van der Waals surface area (Å²) < 4.78 is 27.0. The standard InChI is InChI=1S/C15H23NO3S/c1-2-16(14-5-3-4-6-14)20(18,19)15-9-7-13(8-10-15)11-12-17/h7-10,14,17H,2-6,11-12H2,1H3. The molecule has 0 bridgehead atoms. The predicted octanol–water partition coefficient (Wildman–Crippen LogP) is 2.17. The van der Waals surface area contributed by atoms with Gasteiger partial charge in [-0.3, -0.25) is 0 Å². The third kappa shape index (κ3) is 3.22. The molecule has 0 heterocycles. The van der Waals surface area contributed by atoms with Gasteiger partial charge in [-0.1, -0.05) is 31.9 Å². The van der Waals surface area contributed by atoms with Gasteiger partial charge < -0.3 is 5.11 Å². The van der Waals surface area contributed by atoms with Crippen molar-refractivity contribution in [1.29, 1.82) is 0 Å². The molecule has 0 aromatic heterocycles. The first kappa shape index (κ1) is 15.5. The van der Waals surface area contributed by atoms with Crippen LogP contribution in [0.2, 0.25) is 0 Å². The number of aliphatic hydroxyl groups excluding tert-OH is 1. The fraction of sp³-hybridized carbons (Fsp3) is 0.600. The summed E-state index contributed by atoms with van der Waals surface area (Å²) in [4.78, 5) is 0.355. The lowest BCUT2D eigenvalue weighted by Gasteiger charge is -2.26. The maximum Gasteiger partial charge on any atom is 0.243 e. The Balaban J connectivity index is 2.23. The molecule has 0 radical (unpaired) electrons. The van der Waals surface area contributed by atoms with E-state index in [1.165, 1.54) is 0 Å². The van der Waals surface area contributed by atoms with E-state index in [1.807, 2.05) is 6.92 Å². The van der Waals surface area contributed by atoms with E-state index >= 15 is 0 Å². The molecule has 5 heteroatoms. The fourth-order valence-electron chi connectivity index (χ4n) is 2.91. The zero-order valence-corrected chi connectivity index (χ0v) is 12.8. The summed E-state index contributed by atoms with van der Waals surface area (Å²) in [5, 5.41) is 8.89. The van der Waals surface area contributed by atoms with Gasteiger partial charge in [0, 0.05) is 19.2 Å². The molecule has 4 nitrogen and oxygen atoms in total. The van der Waals surface area contributed by atoms with Crippen LogP contribution in [0.5, 0.6) is 0 Å². The Hall–Kier alpha value is -0.910. The average molecular weight is 297 g/mol. The highest BCUT2D eigenvalue weighted by Gasteiger charge is 2.31. The summed E-state index contributed by atoms with van der Waals surface area (Å²) in [6, 6.07) is 7.02. The second-order valence-corrected chi connectivity index (χ2v) is 7.15. The van der Waals surface area contributed by atoms with Crippen LogP contribution in [0.25, 0.3) is 0 Å². The number of hydrogen-bond acceptors (Lipinski definition) is 3. The highest BCUT2D eigenvalue weighted by Crippen LogP contribution is 2.28. The summed E-state index contributed by atoms with van der Waals surface area (Å²) >= 11 is 0. The minimum atomic E-state index is -3.40. The van der Waals surface area contributed by atoms with Crippen LogP contribution in [0.15, 0.2) is 29.2 Å². The molecule has 0 aliphatic heterocycles. The number of aliphatic hydroxyl groups is 1. The monoisotopic (exact) mass is 297 g/mol. The van der Waals surface area contributed by atoms with E-state index in [0.29, 0.717) is 17.9 Å². The molecular weight excluding hydrogens is 274 g/mol. The number of sulfonamides is 1. The predicted molar refractivity (Wildman–Crippen MR) is 79.1 cm³/mol. The number of nitrogens with zero attached hydrogens (tertiary/aromatic N) is 1. The van der Waals surface area contributed by atoms with Gasteiger partial charge in [0.1, 0.15) is 0 Å². The number of benzene rings is 1. The quantitative estimate of drug-likeness (QED) is 0.875. The van der Waals surface area contributed by atoms with Crippen LogP contribution in [0.1, 0.15) is 38.2 Å². The van der Waals surface area contributed by atoms with Crippen LogP contribution in [-0.2, 0) is 16.4 Å². The third-order valence-corrected chi connectivity index (χ3v) is 6.02. The Morgan fingerprint density at radius 2 is 1.80 bits per heavy atom. The summed E-state index contributed by atoms with van der Waals surface area (Å²) in [6.45, 7) is 2.50. The zero-order chi connectivity index (χ0) is 14.6. The smallest absolute Gasteiger partial charge is 0.243 e. The maximum atomic E-state index is 12.7. The Kier molecular flexibility index (Phi) is 5.18. The van der Waals surface area contributed by atoms with Gasteiger partial charge in [0.25, 0.3) is 0 Å². The van der Waals surface area contributed by atoms with Gasteiger partial charge >= 0.3 is 0 Å². The Labute approximate surface area is 121 Å². The number of rotatable bonds is 6.